The fourth-order valence-corrected chi connectivity index (χ4v) is 1.03. The molecule has 0 aliphatic carbocycles. The lowest BCUT2D eigenvalue weighted by atomic mass is 9.92. The molecule has 0 aromatic heterocycles. The highest BCUT2D eigenvalue weighted by Gasteiger charge is 2.29. The second-order valence-electron chi connectivity index (χ2n) is 4.18. The molecule has 1 unspecified atom stereocenters. The first-order valence-corrected chi connectivity index (χ1v) is 4.22. The highest BCUT2D eigenvalue weighted by molar-refractivity contribution is 5.13. The predicted molar refractivity (Wildman–Crippen MR) is 49.5 cm³/mol. The number of nitrogens with two attached hydrogens (primary N) is 1. The van der Waals surface area contributed by atoms with Crippen LogP contribution in [0.15, 0.2) is 21.8 Å². The zero-order chi connectivity index (χ0) is 10.2. The Hall–Kier alpha value is -1.10. The first-order chi connectivity index (χ1) is 5.84. The molecule has 1 rings (SSSR count). The summed E-state index contributed by atoms with van der Waals surface area (Å²) in [5.74, 6) is 5.59. The van der Waals surface area contributed by atoms with E-state index in [2.05, 4.69) is 10.2 Å². The first kappa shape index (κ1) is 9.98. The summed E-state index contributed by atoms with van der Waals surface area (Å²) in [7, 11) is 0. The van der Waals surface area contributed by atoms with E-state index < -0.39 is 0 Å². The van der Waals surface area contributed by atoms with Gasteiger partial charge in [-0.25, -0.2) is 5.84 Å². The lowest BCUT2D eigenvalue weighted by Gasteiger charge is -2.30. The molecular formula is C8H16N4O. The van der Waals surface area contributed by atoms with Gasteiger partial charge in [-0.05, 0) is 6.92 Å². The molecule has 74 valence electrons. The van der Waals surface area contributed by atoms with Crippen LogP contribution in [0.5, 0.6) is 0 Å². The summed E-state index contributed by atoms with van der Waals surface area (Å²) in [6.07, 6.45) is -0.300. The van der Waals surface area contributed by atoms with Crippen molar-refractivity contribution >= 4 is 0 Å². The molecule has 0 fully saturated rings. The normalized spacial score (nSPS) is 24.1. The summed E-state index contributed by atoms with van der Waals surface area (Å²) in [4.78, 5) is 0. The summed E-state index contributed by atoms with van der Waals surface area (Å²) in [6.45, 7) is 7.60. The number of hydrogen-bond donors (Lipinski definition) is 2. The molecule has 0 saturated carbocycles. The molecule has 0 spiro atoms. The minimum atomic E-state index is -0.300. The van der Waals surface area contributed by atoms with Crippen molar-refractivity contribution in [2.45, 2.75) is 33.9 Å². The molecule has 0 amide bonds. The summed E-state index contributed by atoms with van der Waals surface area (Å²) >= 11 is 0. The van der Waals surface area contributed by atoms with Crippen LogP contribution in [-0.2, 0) is 0 Å². The number of hydrazine groups is 1. The number of azo groups is 1. The Morgan fingerprint density at radius 2 is 2.00 bits per heavy atom. The molecule has 5 heteroatoms. The molecule has 0 radical (unpaired) electrons. The standard InChI is InChI=1S/C8H16N4O/c1-5-10-11-6(8(2,3)4)7(13)12(5)9/h5,13H,9H2,1-4H3. The molecule has 13 heavy (non-hydrogen) atoms. The smallest absolute Gasteiger partial charge is 0.228 e. The molecule has 1 atom stereocenters. The second-order valence-corrected chi connectivity index (χ2v) is 4.18. The van der Waals surface area contributed by atoms with Crippen molar-refractivity contribution in [1.82, 2.24) is 5.01 Å². The van der Waals surface area contributed by atoms with Crippen molar-refractivity contribution in [3.05, 3.63) is 11.6 Å². The third-order valence-electron chi connectivity index (χ3n) is 1.89. The Labute approximate surface area is 77.9 Å². The number of hydrogen-bond acceptors (Lipinski definition) is 5. The van der Waals surface area contributed by atoms with Crippen LogP contribution in [0.2, 0.25) is 0 Å². The highest BCUT2D eigenvalue weighted by Crippen LogP contribution is 2.32. The molecule has 0 aromatic rings. The number of allylic oxidation sites excluding steroid dienone is 1. The topological polar surface area (TPSA) is 74.2 Å². The Kier molecular flexibility index (Phi) is 2.30. The fraction of sp³-hybridized carbons (Fsp3) is 0.750. The van der Waals surface area contributed by atoms with Gasteiger partial charge in [0.1, 0.15) is 5.70 Å². The summed E-state index contributed by atoms with van der Waals surface area (Å²) in [5, 5.41) is 18.7. The summed E-state index contributed by atoms with van der Waals surface area (Å²) in [6, 6.07) is 0. The van der Waals surface area contributed by atoms with Gasteiger partial charge in [-0.1, -0.05) is 20.8 Å². The Morgan fingerprint density at radius 1 is 1.46 bits per heavy atom. The second kappa shape index (κ2) is 2.99. The maximum Gasteiger partial charge on any atom is 0.228 e. The first-order valence-electron chi connectivity index (χ1n) is 4.22. The van der Waals surface area contributed by atoms with Gasteiger partial charge in [-0.3, -0.25) is 5.01 Å². The van der Waals surface area contributed by atoms with E-state index in [1.165, 1.54) is 5.01 Å². The molecule has 0 aromatic carbocycles. The molecule has 1 heterocycles. The van der Waals surface area contributed by atoms with E-state index in [4.69, 9.17) is 5.84 Å². The number of aliphatic hydroxyl groups is 1. The van der Waals surface area contributed by atoms with Crippen molar-refractivity contribution < 1.29 is 5.11 Å². The van der Waals surface area contributed by atoms with Crippen LogP contribution in [0.25, 0.3) is 0 Å². The van der Waals surface area contributed by atoms with Gasteiger partial charge in [0.25, 0.3) is 0 Å². The van der Waals surface area contributed by atoms with E-state index >= 15 is 0 Å². The molecule has 0 bridgehead atoms. The van der Waals surface area contributed by atoms with Crippen LogP contribution < -0.4 is 5.84 Å². The number of rotatable bonds is 0. The molecular weight excluding hydrogens is 168 g/mol. The number of aliphatic hydroxyl groups excluding tert-OH is 1. The monoisotopic (exact) mass is 184 g/mol. The van der Waals surface area contributed by atoms with Crippen LogP contribution in [0.4, 0.5) is 0 Å². The van der Waals surface area contributed by atoms with E-state index in [-0.39, 0.29) is 17.5 Å². The van der Waals surface area contributed by atoms with Crippen LogP contribution in [0.3, 0.4) is 0 Å². The van der Waals surface area contributed by atoms with Gasteiger partial charge in [0.15, 0.2) is 6.17 Å². The molecule has 1 aliphatic heterocycles. The molecule has 1 aliphatic rings. The lowest BCUT2D eigenvalue weighted by Crippen LogP contribution is -2.40. The van der Waals surface area contributed by atoms with Gasteiger partial charge >= 0.3 is 0 Å². The summed E-state index contributed by atoms with van der Waals surface area (Å²) in [5.41, 5.74) is 0.277. The maximum absolute atomic E-state index is 9.67. The minimum Gasteiger partial charge on any atom is -0.492 e. The third-order valence-corrected chi connectivity index (χ3v) is 1.89. The van der Waals surface area contributed by atoms with Gasteiger partial charge in [0, 0.05) is 5.41 Å². The largest absolute Gasteiger partial charge is 0.492 e. The molecule has 0 saturated heterocycles. The van der Waals surface area contributed by atoms with E-state index in [0.29, 0.717) is 5.70 Å². The highest BCUT2D eigenvalue weighted by atomic mass is 16.3. The zero-order valence-corrected chi connectivity index (χ0v) is 8.44. The van der Waals surface area contributed by atoms with Gasteiger partial charge in [0.05, 0.1) is 0 Å². The Morgan fingerprint density at radius 3 is 2.46 bits per heavy atom. The van der Waals surface area contributed by atoms with Crippen LogP contribution in [0, 0.1) is 5.41 Å². The lowest BCUT2D eigenvalue weighted by molar-refractivity contribution is 0.136. The van der Waals surface area contributed by atoms with Crippen molar-refractivity contribution in [2.75, 3.05) is 0 Å². The van der Waals surface area contributed by atoms with Gasteiger partial charge in [-0.2, -0.15) is 10.2 Å². The average Bonchev–Trinajstić information content (AvgIpc) is 1.98. The number of nitrogens with zero attached hydrogens (tertiary/aromatic N) is 3. The van der Waals surface area contributed by atoms with E-state index in [1.54, 1.807) is 6.92 Å². The van der Waals surface area contributed by atoms with E-state index in [9.17, 15) is 5.11 Å². The van der Waals surface area contributed by atoms with Crippen molar-refractivity contribution in [3.8, 4) is 0 Å². The minimum absolute atomic E-state index is 0.00926. The van der Waals surface area contributed by atoms with Gasteiger partial charge in [0.2, 0.25) is 5.88 Å². The maximum atomic E-state index is 9.67. The predicted octanol–water partition coefficient (Wildman–Crippen LogP) is 1.75. The van der Waals surface area contributed by atoms with Gasteiger partial charge < -0.3 is 5.11 Å². The van der Waals surface area contributed by atoms with Crippen LogP contribution in [0.1, 0.15) is 27.7 Å². The van der Waals surface area contributed by atoms with Crippen LogP contribution in [-0.4, -0.2) is 16.3 Å². The zero-order valence-electron chi connectivity index (χ0n) is 8.44. The van der Waals surface area contributed by atoms with Crippen molar-refractivity contribution in [1.29, 1.82) is 0 Å². The average molecular weight is 184 g/mol. The summed E-state index contributed by atoms with van der Waals surface area (Å²) < 4.78 is 0. The fourth-order valence-electron chi connectivity index (χ4n) is 1.03. The Bertz CT molecular complexity index is 264. The quantitative estimate of drug-likeness (QED) is 0.563. The van der Waals surface area contributed by atoms with E-state index in [1.807, 2.05) is 20.8 Å². The van der Waals surface area contributed by atoms with Gasteiger partial charge in [-0.15, -0.1) is 0 Å². The third kappa shape index (κ3) is 1.80. The molecule has 3 N–H and O–H groups in total. The van der Waals surface area contributed by atoms with E-state index in [0.717, 1.165) is 0 Å². The van der Waals surface area contributed by atoms with Crippen molar-refractivity contribution in [3.63, 3.8) is 0 Å². The molecule has 5 nitrogen and oxygen atoms in total. The van der Waals surface area contributed by atoms with Crippen LogP contribution >= 0.6 is 0 Å². The Balaban J connectivity index is 3.05. The SMILES string of the molecule is CC1N=NC(C(C)(C)C)=C(O)N1N. The van der Waals surface area contributed by atoms with Crippen molar-refractivity contribution in [2.24, 2.45) is 21.5 Å².